The second-order valence-corrected chi connectivity index (χ2v) is 4.12. The van der Waals surface area contributed by atoms with Gasteiger partial charge in [-0.3, -0.25) is 4.68 Å². The maximum absolute atomic E-state index is 9.98. The minimum absolute atomic E-state index is 0.524. The van der Waals surface area contributed by atoms with Gasteiger partial charge in [-0.2, -0.15) is 5.10 Å². The molecule has 2 aromatic rings. The first kappa shape index (κ1) is 10.9. The molecule has 0 saturated heterocycles. The van der Waals surface area contributed by atoms with Crippen LogP contribution in [0.5, 0.6) is 0 Å². The van der Waals surface area contributed by atoms with Gasteiger partial charge in [-0.25, -0.2) is 0 Å². The van der Waals surface area contributed by atoms with Gasteiger partial charge in [0.15, 0.2) is 0 Å². The zero-order valence-electron chi connectivity index (χ0n) is 9.59. The number of aromatic nitrogens is 2. The van der Waals surface area contributed by atoms with Crippen LogP contribution in [-0.4, -0.2) is 14.9 Å². The molecule has 0 aliphatic rings. The number of aliphatic hydroxyl groups is 1. The van der Waals surface area contributed by atoms with E-state index in [0.717, 1.165) is 11.3 Å². The Hall–Kier alpha value is -1.61. The molecular formula is C13H16N2O. The first-order chi connectivity index (χ1) is 7.65. The number of hydrogen-bond acceptors (Lipinski definition) is 2. The first-order valence-electron chi connectivity index (χ1n) is 5.38. The second-order valence-electron chi connectivity index (χ2n) is 4.12. The van der Waals surface area contributed by atoms with Crippen molar-refractivity contribution in [1.82, 2.24) is 9.78 Å². The summed E-state index contributed by atoms with van der Waals surface area (Å²) in [4.78, 5) is 0. The molecular weight excluding hydrogens is 200 g/mol. The summed E-state index contributed by atoms with van der Waals surface area (Å²) < 4.78 is 1.70. The average Bonchev–Trinajstić information content (AvgIpc) is 2.68. The van der Waals surface area contributed by atoms with E-state index in [4.69, 9.17) is 0 Å². The Morgan fingerprint density at radius 3 is 2.50 bits per heavy atom. The number of aliphatic hydroxyl groups excluding tert-OH is 1. The van der Waals surface area contributed by atoms with Gasteiger partial charge in [-0.1, -0.05) is 29.8 Å². The Morgan fingerprint density at radius 2 is 1.94 bits per heavy atom. The van der Waals surface area contributed by atoms with Gasteiger partial charge in [-0.05, 0) is 18.6 Å². The van der Waals surface area contributed by atoms with E-state index in [-0.39, 0.29) is 0 Å². The van der Waals surface area contributed by atoms with Crippen LogP contribution in [0.2, 0.25) is 0 Å². The van der Waals surface area contributed by atoms with Crippen molar-refractivity contribution in [3.8, 4) is 0 Å². The van der Waals surface area contributed by atoms with Crippen LogP contribution in [0.4, 0.5) is 0 Å². The zero-order valence-corrected chi connectivity index (χ0v) is 9.59. The lowest BCUT2D eigenvalue weighted by atomic mass is 10.0. The molecule has 3 nitrogen and oxygen atoms in total. The third-order valence-electron chi connectivity index (χ3n) is 2.63. The van der Waals surface area contributed by atoms with Crippen LogP contribution < -0.4 is 0 Å². The van der Waals surface area contributed by atoms with Crippen molar-refractivity contribution in [1.29, 1.82) is 0 Å². The molecule has 0 saturated carbocycles. The molecule has 1 N–H and O–H groups in total. The van der Waals surface area contributed by atoms with Crippen molar-refractivity contribution < 1.29 is 5.11 Å². The van der Waals surface area contributed by atoms with Gasteiger partial charge in [0.05, 0.1) is 5.69 Å². The average molecular weight is 216 g/mol. The Balaban J connectivity index is 2.07. The minimum Gasteiger partial charge on any atom is -0.386 e. The van der Waals surface area contributed by atoms with Crippen LogP contribution in [0, 0.1) is 6.92 Å². The molecule has 1 aromatic carbocycles. The summed E-state index contributed by atoms with van der Waals surface area (Å²) in [6.07, 6.45) is 1.93. The summed E-state index contributed by atoms with van der Waals surface area (Å²) in [6, 6.07) is 10.0. The summed E-state index contributed by atoms with van der Waals surface area (Å²) in [5.74, 6) is 0. The van der Waals surface area contributed by atoms with Gasteiger partial charge >= 0.3 is 0 Å². The van der Waals surface area contributed by atoms with Crippen molar-refractivity contribution in [2.45, 2.75) is 19.4 Å². The maximum atomic E-state index is 9.98. The molecule has 2 rings (SSSR count). The summed E-state index contributed by atoms with van der Waals surface area (Å²) >= 11 is 0. The standard InChI is InChI=1S/C13H16N2O/c1-10-3-5-11(6-4-10)9-13(16)12-7-8-15(2)14-12/h3-8,13,16H,9H2,1-2H3. The Kier molecular flexibility index (Phi) is 3.06. The SMILES string of the molecule is Cc1ccc(CC(O)c2ccn(C)n2)cc1. The molecule has 0 amide bonds. The van der Waals surface area contributed by atoms with E-state index in [1.54, 1.807) is 4.68 Å². The topological polar surface area (TPSA) is 38.0 Å². The maximum Gasteiger partial charge on any atom is 0.102 e. The molecule has 0 bridgehead atoms. The van der Waals surface area contributed by atoms with Gasteiger partial charge < -0.3 is 5.11 Å². The van der Waals surface area contributed by atoms with Gasteiger partial charge in [0, 0.05) is 19.7 Å². The van der Waals surface area contributed by atoms with E-state index in [2.05, 4.69) is 24.2 Å². The van der Waals surface area contributed by atoms with Gasteiger partial charge in [0.25, 0.3) is 0 Å². The molecule has 0 aliphatic carbocycles. The van der Waals surface area contributed by atoms with E-state index in [9.17, 15) is 5.11 Å². The van der Waals surface area contributed by atoms with Crippen LogP contribution in [0.15, 0.2) is 36.5 Å². The summed E-state index contributed by atoms with van der Waals surface area (Å²) in [5, 5.41) is 14.2. The lowest BCUT2D eigenvalue weighted by Crippen LogP contribution is -2.03. The van der Waals surface area contributed by atoms with Crippen LogP contribution in [-0.2, 0) is 13.5 Å². The highest BCUT2D eigenvalue weighted by Gasteiger charge is 2.10. The molecule has 1 atom stereocenters. The summed E-state index contributed by atoms with van der Waals surface area (Å²) in [6.45, 7) is 2.05. The fourth-order valence-corrected chi connectivity index (χ4v) is 1.66. The molecule has 0 spiro atoms. The van der Waals surface area contributed by atoms with Crippen molar-refractivity contribution in [3.05, 3.63) is 53.3 Å². The van der Waals surface area contributed by atoms with E-state index < -0.39 is 6.10 Å². The van der Waals surface area contributed by atoms with Gasteiger partial charge in [-0.15, -0.1) is 0 Å². The molecule has 0 aliphatic heterocycles. The highest BCUT2D eigenvalue weighted by atomic mass is 16.3. The number of rotatable bonds is 3. The van der Waals surface area contributed by atoms with Crippen LogP contribution in [0.1, 0.15) is 22.9 Å². The summed E-state index contributed by atoms with van der Waals surface area (Å²) in [7, 11) is 1.85. The van der Waals surface area contributed by atoms with Gasteiger partial charge in [0.1, 0.15) is 6.10 Å². The number of benzene rings is 1. The van der Waals surface area contributed by atoms with Crippen molar-refractivity contribution in [2.24, 2.45) is 7.05 Å². The molecule has 1 unspecified atom stereocenters. The lowest BCUT2D eigenvalue weighted by Gasteiger charge is -2.07. The first-order valence-corrected chi connectivity index (χ1v) is 5.38. The van der Waals surface area contributed by atoms with E-state index in [1.807, 2.05) is 31.4 Å². The smallest absolute Gasteiger partial charge is 0.102 e. The fraction of sp³-hybridized carbons (Fsp3) is 0.308. The van der Waals surface area contributed by atoms with E-state index in [1.165, 1.54) is 5.56 Å². The number of nitrogens with zero attached hydrogens (tertiary/aromatic N) is 2. The quantitative estimate of drug-likeness (QED) is 0.852. The number of hydrogen-bond donors (Lipinski definition) is 1. The van der Waals surface area contributed by atoms with Crippen molar-refractivity contribution in [3.63, 3.8) is 0 Å². The minimum atomic E-state index is -0.524. The molecule has 3 heteroatoms. The molecule has 1 aromatic heterocycles. The second kappa shape index (κ2) is 4.49. The molecule has 1 heterocycles. The summed E-state index contributed by atoms with van der Waals surface area (Å²) in [5.41, 5.74) is 3.09. The Morgan fingerprint density at radius 1 is 1.25 bits per heavy atom. The van der Waals surface area contributed by atoms with Crippen LogP contribution >= 0.6 is 0 Å². The third kappa shape index (κ3) is 2.49. The van der Waals surface area contributed by atoms with Crippen molar-refractivity contribution in [2.75, 3.05) is 0 Å². The fourth-order valence-electron chi connectivity index (χ4n) is 1.66. The van der Waals surface area contributed by atoms with E-state index in [0.29, 0.717) is 6.42 Å². The predicted octanol–water partition coefficient (Wildman–Crippen LogP) is 2.00. The Labute approximate surface area is 95.3 Å². The normalized spacial score (nSPS) is 12.7. The third-order valence-corrected chi connectivity index (χ3v) is 2.63. The van der Waals surface area contributed by atoms with Crippen molar-refractivity contribution >= 4 is 0 Å². The molecule has 0 radical (unpaired) electrons. The zero-order chi connectivity index (χ0) is 11.5. The largest absolute Gasteiger partial charge is 0.386 e. The molecule has 84 valence electrons. The van der Waals surface area contributed by atoms with E-state index >= 15 is 0 Å². The van der Waals surface area contributed by atoms with Crippen LogP contribution in [0.25, 0.3) is 0 Å². The number of aryl methyl sites for hydroxylation is 2. The highest BCUT2D eigenvalue weighted by Crippen LogP contribution is 2.16. The monoisotopic (exact) mass is 216 g/mol. The highest BCUT2D eigenvalue weighted by molar-refractivity contribution is 5.22. The predicted molar refractivity (Wildman–Crippen MR) is 63.1 cm³/mol. The Bertz CT molecular complexity index is 459. The lowest BCUT2D eigenvalue weighted by molar-refractivity contribution is 0.173. The van der Waals surface area contributed by atoms with Crippen LogP contribution in [0.3, 0.4) is 0 Å². The van der Waals surface area contributed by atoms with Gasteiger partial charge in [0.2, 0.25) is 0 Å². The molecule has 16 heavy (non-hydrogen) atoms. The molecule has 0 fully saturated rings.